The Balaban J connectivity index is 1.77. The topological polar surface area (TPSA) is 63.8 Å². The summed E-state index contributed by atoms with van der Waals surface area (Å²) in [4.78, 5) is 8.39. The van der Waals surface area contributed by atoms with Crippen LogP contribution in [0.25, 0.3) is 11.5 Å². The SMILES string of the molecule is Clc1cccnc1-c1noc(CNC2CC2)n1. The molecule has 2 aromatic heterocycles. The van der Waals surface area contributed by atoms with Crippen molar-refractivity contribution in [2.24, 2.45) is 0 Å². The van der Waals surface area contributed by atoms with Gasteiger partial charge < -0.3 is 9.84 Å². The number of nitrogens with zero attached hydrogens (tertiary/aromatic N) is 3. The van der Waals surface area contributed by atoms with Gasteiger partial charge in [0.25, 0.3) is 0 Å². The molecule has 1 aliphatic rings. The second kappa shape index (κ2) is 4.43. The van der Waals surface area contributed by atoms with Crippen molar-refractivity contribution in [3.63, 3.8) is 0 Å². The summed E-state index contributed by atoms with van der Waals surface area (Å²) in [6.45, 7) is 0.599. The third-order valence-corrected chi connectivity index (χ3v) is 2.86. The van der Waals surface area contributed by atoms with Crippen LogP contribution in [0.4, 0.5) is 0 Å². The molecule has 17 heavy (non-hydrogen) atoms. The van der Waals surface area contributed by atoms with Crippen molar-refractivity contribution >= 4 is 11.6 Å². The second-order valence-corrected chi connectivity index (χ2v) is 4.41. The molecule has 0 amide bonds. The van der Waals surface area contributed by atoms with Gasteiger partial charge in [-0.1, -0.05) is 16.8 Å². The molecule has 0 atom stereocenters. The molecule has 0 radical (unpaired) electrons. The number of hydrogen-bond acceptors (Lipinski definition) is 5. The van der Waals surface area contributed by atoms with Crippen LogP contribution in [-0.4, -0.2) is 21.2 Å². The van der Waals surface area contributed by atoms with E-state index in [1.165, 1.54) is 12.8 Å². The quantitative estimate of drug-likeness (QED) is 0.900. The smallest absolute Gasteiger partial charge is 0.240 e. The second-order valence-electron chi connectivity index (χ2n) is 4.00. The van der Waals surface area contributed by atoms with Gasteiger partial charge in [0.1, 0.15) is 5.69 Å². The van der Waals surface area contributed by atoms with Crippen LogP contribution in [0.3, 0.4) is 0 Å². The molecule has 88 valence electrons. The highest BCUT2D eigenvalue weighted by Crippen LogP contribution is 2.23. The minimum Gasteiger partial charge on any atom is -0.337 e. The maximum absolute atomic E-state index is 6.01. The van der Waals surface area contributed by atoms with E-state index >= 15 is 0 Å². The van der Waals surface area contributed by atoms with Gasteiger partial charge in [-0.25, -0.2) is 0 Å². The zero-order chi connectivity index (χ0) is 11.7. The molecule has 1 aliphatic carbocycles. The Hall–Kier alpha value is -1.46. The Kier molecular flexibility index (Phi) is 2.78. The highest BCUT2D eigenvalue weighted by molar-refractivity contribution is 6.32. The molecule has 6 heteroatoms. The van der Waals surface area contributed by atoms with Gasteiger partial charge in [-0.3, -0.25) is 4.98 Å². The van der Waals surface area contributed by atoms with E-state index in [9.17, 15) is 0 Å². The van der Waals surface area contributed by atoms with Crippen LogP contribution < -0.4 is 5.32 Å². The average molecular weight is 251 g/mol. The third kappa shape index (κ3) is 2.45. The number of halogens is 1. The van der Waals surface area contributed by atoms with Crippen molar-refractivity contribution in [3.05, 3.63) is 29.2 Å². The molecule has 1 saturated carbocycles. The standard InChI is InChI=1S/C11H11ClN4O/c12-8-2-1-5-13-10(8)11-15-9(17-16-11)6-14-7-3-4-7/h1-2,5,7,14H,3-4,6H2. The van der Waals surface area contributed by atoms with Gasteiger partial charge >= 0.3 is 0 Å². The molecule has 5 nitrogen and oxygen atoms in total. The highest BCUT2D eigenvalue weighted by atomic mass is 35.5. The number of nitrogens with one attached hydrogen (secondary N) is 1. The minimum atomic E-state index is 0.434. The van der Waals surface area contributed by atoms with Crippen molar-refractivity contribution in [2.75, 3.05) is 0 Å². The van der Waals surface area contributed by atoms with Crippen molar-refractivity contribution in [3.8, 4) is 11.5 Å². The molecule has 0 aliphatic heterocycles. The third-order valence-electron chi connectivity index (χ3n) is 2.56. The van der Waals surface area contributed by atoms with Gasteiger partial charge in [0.15, 0.2) is 0 Å². The summed E-state index contributed by atoms with van der Waals surface area (Å²) in [5.74, 6) is 0.997. The van der Waals surface area contributed by atoms with Gasteiger partial charge in [-0.05, 0) is 25.0 Å². The first-order valence-corrected chi connectivity index (χ1v) is 5.87. The fraction of sp³-hybridized carbons (Fsp3) is 0.364. The minimum absolute atomic E-state index is 0.434. The fourth-order valence-electron chi connectivity index (χ4n) is 1.49. The Morgan fingerprint density at radius 1 is 1.47 bits per heavy atom. The summed E-state index contributed by atoms with van der Waals surface area (Å²) in [5, 5.41) is 7.70. The van der Waals surface area contributed by atoms with Crippen LogP contribution in [0, 0.1) is 0 Å². The molecule has 1 fully saturated rings. The van der Waals surface area contributed by atoms with Crippen LogP contribution in [-0.2, 0) is 6.54 Å². The number of hydrogen-bond donors (Lipinski definition) is 1. The van der Waals surface area contributed by atoms with E-state index in [0.717, 1.165) is 0 Å². The maximum atomic E-state index is 6.01. The van der Waals surface area contributed by atoms with Crippen molar-refractivity contribution in [2.45, 2.75) is 25.4 Å². The van der Waals surface area contributed by atoms with Crippen LogP contribution in [0.5, 0.6) is 0 Å². The highest BCUT2D eigenvalue weighted by Gasteiger charge is 2.21. The van der Waals surface area contributed by atoms with E-state index in [0.29, 0.717) is 35.0 Å². The van der Waals surface area contributed by atoms with Crippen molar-refractivity contribution in [1.82, 2.24) is 20.4 Å². The van der Waals surface area contributed by atoms with E-state index in [1.807, 2.05) is 0 Å². The molecule has 0 saturated heterocycles. The van der Waals surface area contributed by atoms with E-state index < -0.39 is 0 Å². The lowest BCUT2D eigenvalue weighted by Crippen LogP contribution is -2.15. The number of pyridine rings is 1. The van der Waals surface area contributed by atoms with Crippen molar-refractivity contribution < 1.29 is 4.52 Å². The fourth-order valence-corrected chi connectivity index (χ4v) is 1.70. The lowest BCUT2D eigenvalue weighted by molar-refractivity contribution is 0.367. The van der Waals surface area contributed by atoms with Gasteiger partial charge in [0.2, 0.25) is 11.7 Å². The first-order valence-electron chi connectivity index (χ1n) is 5.50. The molecule has 2 heterocycles. The van der Waals surface area contributed by atoms with Crippen molar-refractivity contribution in [1.29, 1.82) is 0 Å². The van der Waals surface area contributed by atoms with Crippen LogP contribution in [0.2, 0.25) is 5.02 Å². The Bertz CT molecular complexity index is 524. The van der Waals surface area contributed by atoms with Crippen LogP contribution in [0.15, 0.2) is 22.9 Å². The molecule has 0 aromatic carbocycles. The van der Waals surface area contributed by atoms with E-state index in [4.69, 9.17) is 16.1 Å². The van der Waals surface area contributed by atoms with Gasteiger partial charge in [0, 0.05) is 12.2 Å². The van der Waals surface area contributed by atoms with Gasteiger partial charge in [0.05, 0.1) is 11.6 Å². The predicted octanol–water partition coefficient (Wildman–Crippen LogP) is 2.04. The zero-order valence-corrected chi connectivity index (χ0v) is 9.81. The molecule has 0 unspecified atom stereocenters. The summed E-state index contributed by atoms with van der Waals surface area (Å²) in [6.07, 6.45) is 4.11. The molecule has 0 bridgehead atoms. The molecule has 2 aromatic rings. The lowest BCUT2D eigenvalue weighted by Gasteiger charge is -1.96. The summed E-state index contributed by atoms with van der Waals surface area (Å²) < 4.78 is 5.13. The predicted molar refractivity (Wildman–Crippen MR) is 62.4 cm³/mol. The van der Waals surface area contributed by atoms with Gasteiger partial charge in [-0.2, -0.15) is 4.98 Å². The maximum Gasteiger partial charge on any atom is 0.240 e. The van der Waals surface area contributed by atoms with E-state index in [-0.39, 0.29) is 0 Å². The molecular formula is C11H11ClN4O. The van der Waals surface area contributed by atoms with E-state index in [2.05, 4.69) is 20.4 Å². The molecule has 3 rings (SSSR count). The average Bonchev–Trinajstić information content (AvgIpc) is 3.06. The largest absolute Gasteiger partial charge is 0.337 e. The Morgan fingerprint density at radius 3 is 3.12 bits per heavy atom. The first kappa shape index (κ1) is 10.7. The van der Waals surface area contributed by atoms with Crippen LogP contribution in [0.1, 0.15) is 18.7 Å². The summed E-state index contributed by atoms with van der Waals surface area (Å²) >= 11 is 6.01. The van der Waals surface area contributed by atoms with E-state index in [1.54, 1.807) is 18.3 Å². The lowest BCUT2D eigenvalue weighted by atomic mass is 10.3. The summed E-state index contributed by atoms with van der Waals surface area (Å²) in [5.41, 5.74) is 0.551. The molecular weight excluding hydrogens is 240 g/mol. The zero-order valence-electron chi connectivity index (χ0n) is 9.06. The first-order chi connectivity index (χ1) is 8.33. The summed E-state index contributed by atoms with van der Waals surface area (Å²) in [7, 11) is 0. The Labute approximate surface area is 103 Å². The Morgan fingerprint density at radius 2 is 2.35 bits per heavy atom. The monoisotopic (exact) mass is 250 g/mol. The van der Waals surface area contributed by atoms with Crippen LogP contribution >= 0.6 is 11.6 Å². The number of rotatable bonds is 4. The molecule has 1 N–H and O–H groups in total. The number of aromatic nitrogens is 3. The summed E-state index contributed by atoms with van der Waals surface area (Å²) in [6, 6.07) is 4.13. The molecule has 0 spiro atoms. The van der Waals surface area contributed by atoms with Gasteiger partial charge in [-0.15, -0.1) is 0 Å². The normalized spacial score (nSPS) is 15.1.